The van der Waals surface area contributed by atoms with Gasteiger partial charge in [0.15, 0.2) is 11.5 Å². The number of aromatic nitrogens is 1. The fourth-order valence-corrected chi connectivity index (χ4v) is 5.94. The third-order valence-electron chi connectivity index (χ3n) is 8.33. The van der Waals surface area contributed by atoms with Gasteiger partial charge in [0, 0.05) is 42.2 Å². The molecule has 2 aromatic carbocycles. The first-order valence-corrected chi connectivity index (χ1v) is 15.4. The predicted molar refractivity (Wildman–Crippen MR) is 167 cm³/mol. The Kier molecular flexibility index (Phi) is 11.4. The Morgan fingerprint density at radius 2 is 1.18 bits per heavy atom. The Balaban J connectivity index is 1.64. The zero-order chi connectivity index (χ0) is 31.6. The van der Waals surface area contributed by atoms with Crippen molar-refractivity contribution in [3.63, 3.8) is 0 Å². The summed E-state index contributed by atoms with van der Waals surface area (Å²) in [5.74, 6) is -2.21. The molecule has 1 aliphatic heterocycles. The highest BCUT2D eigenvalue weighted by Crippen LogP contribution is 2.45. The van der Waals surface area contributed by atoms with E-state index in [-0.39, 0.29) is 11.3 Å². The van der Waals surface area contributed by atoms with E-state index >= 15 is 0 Å². The molecule has 0 atom stereocenters. The maximum atomic E-state index is 11.7. The van der Waals surface area contributed by atoms with Crippen molar-refractivity contribution in [1.29, 1.82) is 0 Å². The third-order valence-corrected chi connectivity index (χ3v) is 8.33. The van der Waals surface area contributed by atoms with Crippen molar-refractivity contribution in [3.05, 3.63) is 56.9 Å². The molecule has 2 heterocycles. The Bertz CT molecular complexity index is 1440. The van der Waals surface area contributed by atoms with E-state index in [0.717, 1.165) is 32.1 Å². The van der Waals surface area contributed by atoms with E-state index in [1.165, 1.54) is 89.5 Å². The molecule has 1 fully saturated rings. The van der Waals surface area contributed by atoms with Crippen LogP contribution in [-0.4, -0.2) is 61.4 Å². The fraction of sp³-hybridized carbons (Fsp3) is 0.500. The van der Waals surface area contributed by atoms with Crippen molar-refractivity contribution >= 4 is 11.4 Å². The molecule has 0 radical (unpaired) electrons. The van der Waals surface area contributed by atoms with Crippen molar-refractivity contribution in [2.75, 3.05) is 26.7 Å². The molecule has 0 amide bonds. The smallest absolute Gasteiger partial charge is 0.315 e. The lowest BCUT2D eigenvalue weighted by Crippen LogP contribution is -2.28. The zero-order valence-corrected chi connectivity index (χ0v) is 25.2. The highest BCUT2D eigenvalue weighted by Gasteiger charge is 2.25. The second-order valence-electron chi connectivity index (χ2n) is 11.5. The summed E-state index contributed by atoms with van der Waals surface area (Å²) in [6, 6.07) is 5.05. The highest BCUT2D eigenvalue weighted by atomic mass is 16.6. The van der Waals surface area contributed by atoms with Gasteiger partial charge in [-0.15, -0.1) is 0 Å². The second-order valence-corrected chi connectivity index (χ2v) is 11.5. The number of methoxy groups -OCH3 is 1. The van der Waals surface area contributed by atoms with Crippen LogP contribution in [0.1, 0.15) is 70.6 Å². The summed E-state index contributed by atoms with van der Waals surface area (Å²) in [7, 11) is 1.29. The van der Waals surface area contributed by atoms with E-state index in [0.29, 0.717) is 23.2 Å². The molecule has 0 bridgehead atoms. The van der Waals surface area contributed by atoms with Gasteiger partial charge in [0.05, 0.1) is 17.0 Å². The number of hydrogen-bond acceptors (Lipinski definition) is 9. The lowest BCUT2D eigenvalue weighted by molar-refractivity contribution is -0.386. The topological polar surface area (TPSA) is 164 Å². The van der Waals surface area contributed by atoms with Crippen molar-refractivity contribution in [2.24, 2.45) is 0 Å². The summed E-state index contributed by atoms with van der Waals surface area (Å²) in [5, 5.41) is 54.0. The minimum Gasteiger partial charge on any atom is -0.504 e. The number of benzene rings is 2. The summed E-state index contributed by atoms with van der Waals surface area (Å²) in [5.41, 5.74) is 0.298. The molecular weight excluding hydrogens is 568 g/mol. The number of phenols is 3. The van der Waals surface area contributed by atoms with Crippen LogP contribution < -0.4 is 4.74 Å². The maximum Gasteiger partial charge on any atom is 0.315 e. The number of rotatable bonds is 9. The first kappa shape index (κ1) is 32.6. The number of ether oxygens (including phenoxy) is 1. The molecule has 44 heavy (non-hydrogen) atoms. The van der Waals surface area contributed by atoms with Gasteiger partial charge in [-0.3, -0.25) is 20.2 Å². The lowest BCUT2D eigenvalue weighted by atomic mass is 9.97. The molecule has 3 N–H and O–H groups in total. The Labute approximate surface area is 256 Å². The van der Waals surface area contributed by atoms with Crippen molar-refractivity contribution in [1.82, 2.24) is 9.47 Å². The number of nitro benzene ring substituents is 2. The molecule has 1 aliphatic rings. The Morgan fingerprint density at radius 1 is 0.705 bits per heavy atom. The molecule has 1 saturated heterocycles. The molecule has 0 unspecified atom stereocenters. The lowest BCUT2D eigenvalue weighted by Gasteiger charge is -2.22. The van der Waals surface area contributed by atoms with Crippen LogP contribution in [0.2, 0.25) is 0 Å². The van der Waals surface area contributed by atoms with E-state index in [1.54, 1.807) is 12.4 Å². The van der Waals surface area contributed by atoms with Gasteiger partial charge >= 0.3 is 11.4 Å². The number of hydrogen-bond donors (Lipinski definition) is 3. The number of nitro groups is 2. The van der Waals surface area contributed by atoms with E-state index in [4.69, 9.17) is 4.74 Å². The summed E-state index contributed by atoms with van der Waals surface area (Å²) >= 11 is 0. The van der Waals surface area contributed by atoms with Crippen LogP contribution in [0.15, 0.2) is 36.7 Å². The zero-order valence-electron chi connectivity index (χ0n) is 25.2. The predicted octanol–water partition coefficient (Wildman–Crippen LogP) is 7.37. The average molecular weight is 611 g/mol. The summed E-state index contributed by atoms with van der Waals surface area (Å²) in [4.78, 5) is 24.3. The van der Waals surface area contributed by atoms with Crippen LogP contribution >= 0.6 is 0 Å². The molecule has 0 aliphatic carbocycles. The first-order valence-electron chi connectivity index (χ1n) is 15.4. The molecule has 12 nitrogen and oxygen atoms in total. The van der Waals surface area contributed by atoms with Gasteiger partial charge in [0.25, 0.3) is 0 Å². The van der Waals surface area contributed by atoms with Crippen molar-refractivity contribution in [2.45, 2.75) is 77.2 Å². The van der Waals surface area contributed by atoms with Gasteiger partial charge in [0.1, 0.15) is 0 Å². The van der Waals surface area contributed by atoms with E-state index in [9.17, 15) is 35.5 Å². The number of aromatic hydroxyl groups is 3. The Morgan fingerprint density at radius 3 is 1.68 bits per heavy atom. The summed E-state index contributed by atoms with van der Waals surface area (Å²) in [6.45, 7) is 3.66. The number of nitrogens with zero attached hydrogens (tertiary/aromatic N) is 4. The van der Waals surface area contributed by atoms with Gasteiger partial charge in [0.2, 0.25) is 11.5 Å². The summed E-state index contributed by atoms with van der Waals surface area (Å²) < 4.78 is 7.12. The van der Waals surface area contributed by atoms with Gasteiger partial charge in [-0.25, -0.2) is 0 Å². The number of phenolic OH excluding ortho intramolecular Hbond substituents is 3. The quantitative estimate of drug-likeness (QED) is 0.127. The number of aryl methyl sites for hydroxylation is 1. The molecular formula is C32H42N4O8. The highest BCUT2D eigenvalue weighted by molar-refractivity contribution is 5.87. The molecule has 0 saturated carbocycles. The average Bonchev–Trinajstić information content (AvgIpc) is 3.43. The minimum absolute atomic E-state index is 0.0987. The molecule has 4 rings (SSSR count). The minimum atomic E-state index is -0.844. The van der Waals surface area contributed by atoms with Crippen LogP contribution in [0.3, 0.4) is 0 Å². The molecule has 12 heteroatoms. The maximum absolute atomic E-state index is 11.7. The molecule has 1 aromatic heterocycles. The van der Waals surface area contributed by atoms with Crippen LogP contribution in [0.25, 0.3) is 22.3 Å². The van der Waals surface area contributed by atoms with Crippen LogP contribution in [0.4, 0.5) is 11.4 Å². The molecule has 238 valence electrons. The fourth-order valence-electron chi connectivity index (χ4n) is 5.94. The monoisotopic (exact) mass is 610 g/mol. The van der Waals surface area contributed by atoms with E-state index in [2.05, 4.69) is 4.90 Å². The second kappa shape index (κ2) is 15.4. The normalized spacial score (nSPS) is 15.6. The summed E-state index contributed by atoms with van der Waals surface area (Å²) in [6.07, 6.45) is 17.1. The van der Waals surface area contributed by atoms with E-state index in [1.807, 2.05) is 4.57 Å². The molecule has 0 spiro atoms. The van der Waals surface area contributed by atoms with Crippen molar-refractivity contribution < 1.29 is 29.9 Å². The van der Waals surface area contributed by atoms with Crippen LogP contribution in [0, 0.1) is 20.2 Å². The van der Waals surface area contributed by atoms with Gasteiger partial charge in [-0.2, -0.15) is 0 Å². The van der Waals surface area contributed by atoms with Crippen LogP contribution in [0.5, 0.6) is 23.0 Å². The van der Waals surface area contributed by atoms with Gasteiger partial charge in [-0.05, 0) is 62.2 Å². The standard InChI is InChI=1S/C32H42N4O8/c1-44-30-20-24(18-28(32(30)39)36(42)43)26-22-34(21-25(26)23-17-27(35(40)41)31(38)29(37)19-23)16-12-15-33-13-10-8-6-4-2-3-5-7-9-11-14-33/h17-22,37-39H,2-16H2,1H3. The van der Waals surface area contributed by atoms with Crippen LogP contribution in [-0.2, 0) is 6.54 Å². The molecule has 3 aromatic rings. The van der Waals surface area contributed by atoms with Gasteiger partial charge < -0.3 is 29.5 Å². The largest absolute Gasteiger partial charge is 0.504 e. The SMILES string of the molecule is COc1cc(-c2cn(CCCN3CCCCCCCCCCCC3)cc2-c2cc(O)c(O)c([N+](=O)[O-])c2)cc([N+](=O)[O-])c1O. The Hall–Kier alpha value is -4.32. The third kappa shape index (κ3) is 8.19. The van der Waals surface area contributed by atoms with Crippen molar-refractivity contribution in [3.8, 4) is 45.3 Å². The van der Waals surface area contributed by atoms with Gasteiger partial charge in [-0.1, -0.05) is 51.4 Å². The van der Waals surface area contributed by atoms with E-state index < -0.39 is 38.5 Å². The first-order chi connectivity index (χ1) is 21.2.